The number of amidine groups is 1. The molecular formula is C17H16N2O. The maximum Gasteiger partial charge on any atom is 0.193 e. The van der Waals surface area contributed by atoms with Crippen molar-refractivity contribution in [1.82, 2.24) is 4.90 Å². The van der Waals surface area contributed by atoms with Crippen molar-refractivity contribution in [2.75, 3.05) is 13.1 Å². The zero-order chi connectivity index (χ0) is 13.6. The molecule has 2 heterocycles. The summed E-state index contributed by atoms with van der Waals surface area (Å²) >= 11 is 0. The molecule has 2 aliphatic rings. The topological polar surface area (TPSA) is 35.8 Å². The van der Waals surface area contributed by atoms with Crippen LogP contribution >= 0.6 is 0 Å². The van der Waals surface area contributed by atoms with Crippen molar-refractivity contribution in [2.24, 2.45) is 4.99 Å². The third-order valence-corrected chi connectivity index (χ3v) is 4.17. The van der Waals surface area contributed by atoms with Gasteiger partial charge in [-0.2, -0.15) is 0 Å². The van der Waals surface area contributed by atoms with Crippen LogP contribution in [0.2, 0.25) is 0 Å². The lowest BCUT2D eigenvalue weighted by molar-refractivity contribution is -0.0317. The Labute approximate surface area is 118 Å². The molecule has 0 saturated carbocycles. The second kappa shape index (κ2) is 4.18. The van der Waals surface area contributed by atoms with E-state index < -0.39 is 5.72 Å². The highest BCUT2D eigenvalue weighted by atomic mass is 16.3. The largest absolute Gasteiger partial charge is 0.363 e. The Morgan fingerprint density at radius 2 is 1.75 bits per heavy atom. The first-order chi connectivity index (χ1) is 9.82. The Bertz CT molecular complexity index is 680. The summed E-state index contributed by atoms with van der Waals surface area (Å²) in [6.07, 6.45) is 0.979. The number of fused-ring (bicyclic) bond motifs is 3. The summed E-state index contributed by atoms with van der Waals surface area (Å²) in [5, 5.41) is 11.5. The van der Waals surface area contributed by atoms with Gasteiger partial charge in [0.2, 0.25) is 0 Å². The lowest BCUT2D eigenvalue weighted by atomic mass is 9.94. The lowest BCUT2D eigenvalue weighted by Crippen LogP contribution is -2.47. The molecule has 0 fully saturated rings. The molecule has 3 nitrogen and oxygen atoms in total. The summed E-state index contributed by atoms with van der Waals surface area (Å²) in [6.45, 7) is 1.67. The molecule has 0 amide bonds. The normalized spacial score (nSPS) is 24.1. The monoisotopic (exact) mass is 264 g/mol. The summed E-state index contributed by atoms with van der Waals surface area (Å²) < 4.78 is 0. The summed E-state index contributed by atoms with van der Waals surface area (Å²) in [6, 6.07) is 17.9. The highest BCUT2D eigenvalue weighted by Gasteiger charge is 2.48. The number of hydrogen-bond donors (Lipinski definition) is 1. The Kier molecular flexibility index (Phi) is 2.44. The number of rotatable bonds is 1. The van der Waals surface area contributed by atoms with E-state index in [2.05, 4.69) is 4.99 Å². The van der Waals surface area contributed by atoms with E-state index in [0.717, 1.165) is 42.0 Å². The number of hydrogen-bond acceptors (Lipinski definition) is 3. The van der Waals surface area contributed by atoms with Crippen LogP contribution < -0.4 is 0 Å². The van der Waals surface area contributed by atoms with Crippen molar-refractivity contribution < 1.29 is 5.11 Å². The van der Waals surface area contributed by atoms with E-state index >= 15 is 0 Å². The summed E-state index contributed by atoms with van der Waals surface area (Å²) in [7, 11) is 0. The minimum Gasteiger partial charge on any atom is -0.363 e. The molecule has 3 heteroatoms. The van der Waals surface area contributed by atoms with Crippen LogP contribution in [0.4, 0.5) is 0 Å². The molecule has 0 radical (unpaired) electrons. The molecule has 100 valence electrons. The van der Waals surface area contributed by atoms with Crippen molar-refractivity contribution in [3.8, 4) is 0 Å². The molecule has 0 aromatic heterocycles. The van der Waals surface area contributed by atoms with Gasteiger partial charge < -0.3 is 10.0 Å². The van der Waals surface area contributed by atoms with E-state index in [1.165, 1.54) is 0 Å². The van der Waals surface area contributed by atoms with Crippen molar-refractivity contribution in [1.29, 1.82) is 0 Å². The molecule has 2 aromatic rings. The van der Waals surface area contributed by atoms with Gasteiger partial charge in [-0.25, -0.2) is 0 Å². The Balaban J connectivity index is 1.99. The molecule has 1 N–H and O–H groups in total. The zero-order valence-corrected chi connectivity index (χ0v) is 11.2. The first-order valence-corrected chi connectivity index (χ1v) is 7.01. The van der Waals surface area contributed by atoms with Crippen LogP contribution in [0.1, 0.15) is 23.1 Å². The van der Waals surface area contributed by atoms with Crippen LogP contribution in [-0.2, 0) is 5.72 Å². The van der Waals surface area contributed by atoms with Crippen molar-refractivity contribution >= 4 is 5.84 Å². The zero-order valence-electron chi connectivity index (χ0n) is 11.2. The highest BCUT2D eigenvalue weighted by Crippen LogP contribution is 2.43. The smallest absolute Gasteiger partial charge is 0.193 e. The second-order valence-electron chi connectivity index (χ2n) is 5.29. The van der Waals surface area contributed by atoms with Gasteiger partial charge in [0.1, 0.15) is 5.84 Å². The number of nitrogens with zero attached hydrogens (tertiary/aromatic N) is 2. The average molecular weight is 264 g/mol. The van der Waals surface area contributed by atoms with E-state index in [9.17, 15) is 5.11 Å². The number of aliphatic hydroxyl groups is 1. The van der Waals surface area contributed by atoms with Gasteiger partial charge in [0, 0.05) is 29.8 Å². The molecule has 0 aliphatic carbocycles. The molecule has 0 spiro atoms. The highest BCUT2D eigenvalue weighted by molar-refractivity contribution is 6.04. The minimum atomic E-state index is -1.09. The van der Waals surface area contributed by atoms with E-state index in [1.807, 2.05) is 59.5 Å². The fourth-order valence-electron chi connectivity index (χ4n) is 3.26. The molecule has 0 bridgehead atoms. The predicted octanol–water partition coefficient (Wildman–Crippen LogP) is 2.35. The maximum absolute atomic E-state index is 11.5. The molecule has 0 saturated heterocycles. The molecule has 2 aliphatic heterocycles. The Morgan fingerprint density at radius 3 is 2.60 bits per heavy atom. The van der Waals surface area contributed by atoms with Crippen LogP contribution in [0, 0.1) is 0 Å². The van der Waals surface area contributed by atoms with Gasteiger partial charge in [-0.1, -0.05) is 54.6 Å². The minimum absolute atomic E-state index is 0.832. The van der Waals surface area contributed by atoms with Crippen LogP contribution in [0.3, 0.4) is 0 Å². The summed E-state index contributed by atoms with van der Waals surface area (Å²) in [4.78, 5) is 6.67. The van der Waals surface area contributed by atoms with E-state index in [-0.39, 0.29) is 0 Å². The first-order valence-electron chi connectivity index (χ1n) is 7.01. The summed E-state index contributed by atoms with van der Waals surface area (Å²) in [5.74, 6) is 0.929. The predicted molar refractivity (Wildman–Crippen MR) is 78.6 cm³/mol. The van der Waals surface area contributed by atoms with Gasteiger partial charge in [-0.3, -0.25) is 4.99 Å². The Hall–Kier alpha value is -2.13. The third kappa shape index (κ3) is 1.41. The molecule has 20 heavy (non-hydrogen) atoms. The standard InChI is InChI=1S/C17H16N2O/c20-17(13-7-2-1-3-8-13)15-10-5-4-9-14(15)16-18-11-6-12-19(16)17/h1-5,7-10,20H,6,11-12H2/t17-/m0/s1. The first kappa shape index (κ1) is 11.7. The number of aliphatic imine (C=N–C) groups is 1. The van der Waals surface area contributed by atoms with Crippen molar-refractivity contribution in [2.45, 2.75) is 12.1 Å². The fourth-order valence-corrected chi connectivity index (χ4v) is 3.26. The van der Waals surface area contributed by atoms with Crippen LogP contribution in [0.5, 0.6) is 0 Å². The Morgan fingerprint density at radius 1 is 1.00 bits per heavy atom. The maximum atomic E-state index is 11.5. The average Bonchev–Trinajstić information content (AvgIpc) is 2.80. The fraction of sp³-hybridized carbons (Fsp3) is 0.235. The quantitative estimate of drug-likeness (QED) is 0.858. The van der Waals surface area contributed by atoms with Gasteiger partial charge in [0.15, 0.2) is 5.72 Å². The number of benzene rings is 2. The van der Waals surface area contributed by atoms with Gasteiger partial charge in [0.25, 0.3) is 0 Å². The van der Waals surface area contributed by atoms with E-state index in [0.29, 0.717) is 0 Å². The van der Waals surface area contributed by atoms with Crippen molar-refractivity contribution in [3.05, 3.63) is 71.3 Å². The van der Waals surface area contributed by atoms with Gasteiger partial charge in [-0.15, -0.1) is 0 Å². The summed E-state index contributed by atoms with van der Waals surface area (Å²) in [5.41, 5.74) is 1.81. The SMILES string of the molecule is O[C@@]1(c2ccccc2)c2ccccc2C2=NCCCN21. The van der Waals surface area contributed by atoms with E-state index in [1.54, 1.807) is 0 Å². The lowest BCUT2D eigenvalue weighted by Gasteiger charge is -2.37. The molecule has 0 unspecified atom stereocenters. The van der Waals surface area contributed by atoms with Gasteiger partial charge in [0.05, 0.1) is 0 Å². The molecule has 2 aromatic carbocycles. The van der Waals surface area contributed by atoms with Crippen LogP contribution in [0.25, 0.3) is 0 Å². The second-order valence-corrected chi connectivity index (χ2v) is 5.29. The van der Waals surface area contributed by atoms with E-state index in [4.69, 9.17) is 0 Å². The molecule has 4 rings (SSSR count). The van der Waals surface area contributed by atoms with Crippen molar-refractivity contribution in [3.63, 3.8) is 0 Å². The molecule has 1 atom stereocenters. The molecular weight excluding hydrogens is 248 g/mol. The van der Waals surface area contributed by atoms with Crippen LogP contribution in [-0.4, -0.2) is 28.9 Å². The van der Waals surface area contributed by atoms with Gasteiger partial charge >= 0.3 is 0 Å². The van der Waals surface area contributed by atoms with Crippen LogP contribution in [0.15, 0.2) is 59.6 Å². The van der Waals surface area contributed by atoms with Gasteiger partial charge in [-0.05, 0) is 6.42 Å². The third-order valence-electron chi connectivity index (χ3n) is 4.17.